The summed E-state index contributed by atoms with van der Waals surface area (Å²) in [5.41, 5.74) is 1.03. The van der Waals surface area contributed by atoms with Gasteiger partial charge in [-0.2, -0.15) is 0 Å². The van der Waals surface area contributed by atoms with E-state index in [1.165, 1.54) is 30.3 Å². The van der Waals surface area contributed by atoms with Crippen LogP contribution in [0.15, 0.2) is 36.4 Å². The van der Waals surface area contributed by atoms with Crippen LogP contribution in [0.25, 0.3) is 0 Å². The van der Waals surface area contributed by atoms with Crippen LogP contribution in [0.3, 0.4) is 0 Å². The molecule has 2 aromatic carbocycles. The van der Waals surface area contributed by atoms with Gasteiger partial charge in [-0.05, 0) is 41.8 Å². The quantitative estimate of drug-likeness (QED) is 0.478. The van der Waals surface area contributed by atoms with E-state index in [1.54, 1.807) is 13.0 Å². The topological polar surface area (TPSA) is 57.7 Å². The molecule has 4 amide bonds. The van der Waals surface area contributed by atoms with Gasteiger partial charge in [-0.25, -0.2) is 13.6 Å². The number of nitrogens with zero attached hydrogens (tertiary/aromatic N) is 2. The Hall–Kier alpha value is -2.22. The largest absolute Gasteiger partial charge is 0.333 e. The van der Waals surface area contributed by atoms with Crippen LogP contribution < -0.4 is 0 Å². The standard InChI is InChI=1S/C21H17Cl3F2N2O3/c1-11-2-3-12(6-15(11)23)17(25)9-27-19(29)8-20(30)28(21(27)31)10-18(26)13-4-5-14(22)16(24)7-13/h2-7,17-18H,8-10H2,1H3/t17-,18-/m0/s1. The Balaban J connectivity index is 1.76. The van der Waals surface area contributed by atoms with Crippen LogP contribution in [0.4, 0.5) is 13.6 Å². The third-order valence-electron chi connectivity index (χ3n) is 4.92. The minimum absolute atomic E-state index is 0.108. The molecule has 164 valence electrons. The molecular formula is C21H17Cl3F2N2O3. The van der Waals surface area contributed by atoms with E-state index in [0.717, 1.165) is 5.56 Å². The molecule has 2 atom stereocenters. The number of rotatable bonds is 6. The molecule has 0 radical (unpaired) electrons. The molecule has 1 heterocycles. The van der Waals surface area contributed by atoms with Crippen LogP contribution in [0.5, 0.6) is 0 Å². The third-order valence-corrected chi connectivity index (χ3v) is 6.06. The summed E-state index contributed by atoms with van der Waals surface area (Å²) in [5, 5.41) is 0.687. The second-order valence-corrected chi connectivity index (χ2v) is 8.31. The van der Waals surface area contributed by atoms with E-state index < -0.39 is 49.7 Å². The Morgan fingerprint density at radius 2 is 1.29 bits per heavy atom. The average molecular weight is 490 g/mol. The lowest BCUT2D eigenvalue weighted by molar-refractivity contribution is -0.143. The number of barbiturate groups is 1. The number of hydrogen-bond donors (Lipinski definition) is 0. The molecule has 0 aromatic heterocycles. The summed E-state index contributed by atoms with van der Waals surface area (Å²) < 4.78 is 29.6. The fourth-order valence-electron chi connectivity index (χ4n) is 3.08. The highest BCUT2D eigenvalue weighted by Crippen LogP contribution is 2.30. The molecule has 3 rings (SSSR count). The maximum absolute atomic E-state index is 14.8. The van der Waals surface area contributed by atoms with Gasteiger partial charge in [-0.3, -0.25) is 19.4 Å². The second-order valence-electron chi connectivity index (χ2n) is 7.09. The first-order valence-electron chi connectivity index (χ1n) is 9.22. The number of amides is 4. The number of aryl methyl sites for hydroxylation is 1. The predicted octanol–water partition coefficient (Wildman–Crippen LogP) is 5.86. The zero-order valence-electron chi connectivity index (χ0n) is 16.2. The van der Waals surface area contributed by atoms with Gasteiger partial charge < -0.3 is 0 Å². The van der Waals surface area contributed by atoms with E-state index in [2.05, 4.69) is 0 Å². The Kier molecular flexibility index (Phi) is 7.19. The van der Waals surface area contributed by atoms with Gasteiger partial charge in [-0.15, -0.1) is 0 Å². The van der Waals surface area contributed by atoms with E-state index in [0.29, 0.717) is 14.8 Å². The second kappa shape index (κ2) is 9.51. The maximum Gasteiger partial charge on any atom is 0.333 e. The number of carbonyl (C=O) groups excluding carboxylic acids is 3. The summed E-state index contributed by atoms with van der Waals surface area (Å²) in [7, 11) is 0. The van der Waals surface area contributed by atoms with Gasteiger partial charge >= 0.3 is 6.03 Å². The van der Waals surface area contributed by atoms with Crippen LogP contribution in [-0.4, -0.2) is 40.7 Å². The molecule has 1 saturated heterocycles. The van der Waals surface area contributed by atoms with Crippen molar-refractivity contribution in [3.8, 4) is 0 Å². The summed E-state index contributed by atoms with van der Waals surface area (Å²) in [4.78, 5) is 38.4. The molecule has 1 fully saturated rings. The van der Waals surface area contributed by atoms with Crippen LogP contribution >= 0.6 is 34.8 Å². The zero-order valence-corrected chi connectivity index (χ0v) is 18.5. The van der Waals surface area contributed by atoms with Gasteiger partial charge in [-0.1, -0.05) is 53.0 Å². The van der Waals surface area contributed by atoms with Crippen molar-refractivity contribution >= 4 is 52.6 Å². The van der Waals surface area contributed by atoms with E-state index in [-0.39, 0.29) is 21.2 Å². The van der Waals surface area contributed by atoms with Gasteiger partial charge in [0.15, 0.2) is 0 Å². The SMILES string of the molecule is Cc1ccc([C@@H](F)CN2C(=O)CC(=O)N(C[C@H](F)c3ccc(Cl)c(Cl)c3)C2=O)cc1Cl. The minimum Gasteiger partial charge on any atom is -0.274 e. The van der Waals surface area contributed by atoms with Gasteiger partial charge in [0, 0.05) is 5.02 Å². The summed E-state index contributed by atoms with van der Waals surface area (Å²) in [6.07, 6.45) is -4.16. The lowest BCUT2D eigenvalue weighted by Gasteiger charge is -2.34. The highest BCUT2D eigenvalue weighted by molar-refractivity contribution is 6.42. The van der Waals surface area contributed by atoms with Gasteiger partial charge in [0.05, 0.1) is 23.1 Å². The van der Waals surface area contributed by atoms with Gasteiger partial charge in [0.25, 0.3) is 0 Å². The van der Waals surface area contributed by atoms with Crippen molar-refractivity contribution in [2.45, 2.75) is 25.7 Å². The number of hydrogen-bond acceptors (Lipinski definition) is 3. The van der Waals surface area contributed by atoms with E-state index in [4.69, 9.17) is 34.8 Å². The number of urea groups is 1. The fraction of sp³-hybridized carbons (Fsp3) is 0.286. The smallest absolute Gasteiger partial charge is 0.274 e. The summed E-state index contributed by atoms with van der Waals surface area (Å²) >= 11 is 17.7. The molecular weight excluding hydrogens is 473 g/mol. The predicted molar refractivity (Wildman–Crippen MR) is 114 cm³/mol. The average Bonchev–Trinajstić information content (AvgIpc) is 2.72. The van der Waals surface area contributed by atoms with Crippen LogP contribution in [0.2, 0.25) is 15.1 Å². The maximum atomic E-state index is 14.8. The van der Waals surface area contributed by atoms with Crippen molar-refractivity contribution in [1.29, 1.82) is 0 Å². The Labute approximate surface area is 192 Å². The molecule has 0 aliphatic carbocycles. The lowest BCUT2D eigenvalue weighted by Crippen LogP contribution is -2.56. The number of alkyl halides is 2. The molecule has 2 aromatic rings. The fourth-order valence-corrected chi connectivity index (χ4v) is 3.58. The van der Waals surface area contributed by atoms with Crippen molar-refractivity contribution < 1.29 is 23.2 Å². The van der Waals surface area contributed by atoms with E-state index in [1.807, 2.05) is 0 Å². The molecule has 5 nitrogen and oxygen atoms in total. The Morgan fingerprint density at radius 1 is 0.806 bits per heavy atom. The summed E-state index contributed by atoms with van der Waals surface area (Å²) in [6, 6.07) is 7.49. The molecule has 0 unspecified atom stereocenters. The first-order chi connectivity index (χ1) is 14.6. The molecule has 31 heavy (non-hydrogen) atoms. The molecule has 10 heteroatoms. The molecule has 1 aliphatic heterocycles. The molecule has 0 N–H and O–H groups in total. The van der Waals surface area contributed by atoms with E-state index in [9.17, 15) is 23.2 Å². The van der Waals surface area contributed by atoms with Crippen LogP contribution in [0.1, 0.15) is 35.5 Å². The van der Waals surface area contributed by atoms with Crippen LogP contribution in [0, 0.1) is 6.92 Å². The molecule has 0 saturated carbocycles. The first kappa shape index (κ1) is 23.4. The number of benzene rings is 2. The van der Waals surface area contributed by atoms with E-state index >= 15 is 0 Å². The lowest BCUT2D eigenvalue weighted by atomic mass is 10.1. The van der Waals surface area contributed by atoms with Crippen molar-refractivity contribution in [3.63, 3.8) is 0 Å². The monoisotopic (exact) mass is 488 g/mol. The highest BCUT2D eigenvalue weighted by Gasteiger charge is 2.40. The highest BCUT2D eigenvalue weighted by atomic mass is 35.5. The Morgan fingerprint density at radius 3 is 1.77 bits per heavy atom. The normalized spacial score (nSPS) is 16.6. The summed E-state index contributed by atoms with van der Waals surface area (Å²) in [5.74, 6) is -1.71. The van der Waals surface area contributed by atoms with Crippen molar-refractivity contribution in [3.05, 3.63) is 68.2 Å². The van der Waals surface area contributed by atoms with Crippen molar-refractivity contribution in [1.82, 2.24) is 9.80 Å². The number of carbonyl (C=O) groups is 3. The molecule has 0 bridgehead atoms. The first-order valence-corrected chi connectivity index (χ1v) is 10.4. The van der Waals surface area contributed by atoms with Crippen molar-refractivity contribution in [2.75, 3.05) is 13.1 Å². The summed E-state index contributed by atoms with van der Waals surface area (Å²) in [6.45, 7) is 0.485. The van der Waals surface area contributed by atoms with Crippen LogP contribution in [-0.2, 0) is 9.59 Å². The Bertz CT molecular complexity index is 971. The van der Waals surface area contributed by atoms with Gasteiger partial charge in [0.1, 0.15) is 18.8 Å². The number of imide groups is 2. The van der Waals surface area contributed by atoms with Crippen molar-refractivity contribution in [2.24, 2.45) is 0 Å². The zero-order chi connectivity index (χ0) is 22.9. The minimum atomic E-state index is -1.77. The molecule has 0 spiro atoms. The third kappa shape index (κ3) is 5.17. The number of halogens is 5. The van der Waals surface area contributed by atoms with Gasteiger partial charge in [0.2, 0.25) is 11.8 Å². The molecule has 1 aliphatic rings.